The zero-order valence-corrected chi connectivity index (χ0v) is 9.59. The molecule has 0 bridgehead atoms. The summed E-state index contributed by atoms with van der Waals surface area (Å²) in [5.74, 6) is 0.279. The number of imidazole rings is 1. The van der Waals surface area contributed by atoms with Crippen LogP contribution in [-0.4, -0.2) is 21.9 Å². The molecule has 0 amide bonds. The summed E-state index contributed by atoms with van der Waals surface area (Å²) in [6.07, 6.45) is -2.13. The second-order valence-electron chi connectivity index (χ2n) is 3.60. The molecule has 0 spiro atoms. The minimum atomic E-state index is -2.51. The molecule has 6 heteroatoms. The summed E-state index contributed by atoms with van der Waals surface area (Å²) in [6.45, 7) is -0.494. The lowest BCUT2D eigenvalue weighted by Crippen LogP contribution is -2.10. The molecular formula is C11H10ClF3N2. The molecule has 17 heavy (non-hydrogen) atoms. The molecule has 0 radical (unpaired) electrons. The number of benzene rings is 1. The molecule has 0 saturated carbocycles. The van der Waals surface area contributed by atoms with Crippen molar-refractivity contribution in [1.82, 2.24) is 9.55 Å². The molecule has 0 unspecified atom stereocenters. The fourth-order valence-electron chi connectivity index (χ4n) is 1.76. The molecule has 2 nitrogen and oxygen atoms in total. The predicted octanol–water partition coefficient (Wildman–Crippen LogP) is 3.22. The summed E-state index contributed by atoms with van der Waals surface area (Å²) in [5.41, 5.74) is 0.887. The zero-order valence-electron chi connectivity index (χ0n) is 8.84. The van der Waals surface area contributed by atoms with Crippen LogP contribution in [0.3, 0.4) is 0 Å². The fourth-order valence-corrected chi connectivity index (χ4v) is 1.93. The van der Waals surface area contributed by atoms with Crippen molar-refractivity contribution >= 4 is 22.6 Å². The number of fused-ring (bicyclic) bond motifs is 1. The number of nitrogens with zero attached hydrogens (tertiary/aromatic N) is 2. The molecule has 1 heterocycles. The standard InChI is InChI=1S/C11H10ClF3N2/c12-4-3-11-16-8-2-1-7(13)5-9(8)17(11)6-10(14)15/h1-2,5,10H,3-4,6H2. The minimum absolute atomic E-state index is 0.287. The van der Waals surface area contributed by atoms with Gasteiger partial charge in [-0.2, -0.15) is 0 Å². The molecule has 2 rings (SSSR count). The average Bonchev–Trinajstić information content (AvgIpc) is 2.57. The number of alkyl halides is 3. The Labute approximate surface area is 101 Å². The molecule has 1 aromatic heterocycles. The number of hydrogen-bond donors (Lipinski definition) is 0. The molecule has 0 fully saturated rings. The van der Waals surface area contributed by atoms with Gasteiger partial charge in [0.05, 0.1) is 17.6 Å². The van der Waals surface area contributed by atoms with Crippen molar-refractivity contribution in [1.29, 1.82) is 0 Å². The van der Waals surface area contributed by atoms with Gasteiger partial charge in [0.15, 0.2) is 0 Å². The largest absolute Gasteiger partial charge is 0.322 e. The fraction of sp³-hybridized carbons (Fsp3) is 0.364. The lowest BCUT2D eigenvalue weighted by atomic mass is 10.3. The van der Waals surface area contributed by atoms with E-state index in [2.05, 4.69) is 4.98 Å². The van der Waals surface area contributed by atoms with E-state index in [9.17, 15) is 13.2 Å². The van der Waals surface area contributed by atoms with Crippen molar-refractivity contribution in [3.05, 3.63) is 29.8 Å². The molecule has 92 valence electrons. The van der Waals surface area contributed by atoms with E-state index in [4.69, 9.17) is 11.6 Å². The van der Waals surface area contributed by atoms with Gasteiger partial charge in [0.1, 0.15) is 11.6 Å². The van der Waals surface area contributed by atoms with Crippen molar-refractivity contribution in [2.75, 3.05) is 5.88 Å². The Hall–Kier alpha value is -1.23. The lowest BCUT2D eigenvalue weighted by Gasteiger charge is -2.07. The van der Waals surface area contributed by atoms with Crippen molar-refractivity contribution < 1.29 is 13.2 Å². The van der Waals surface area contributed by atoms with E-state index < -0.39 is 18.8 Å². The van der Waals surface area contributed by atoms with E-state index in [1.807, 2.05) is 0 Å². The minimum Gasteiger partial charge on any atom is -0.322 e. The molecule has 0 aliphatic rings. The van der Waals surface area contributed by atoms with Gasteiger partial charge >= 0.3 is 0 Å². The second kappa shape index (κ2) is 4.96. The topological polar surface area (TPSA) is 17.8 Å². The summed E-state index contributed by atoms with van der Waals surface area (Å²) in [5, 5.41) is 0. The maximum Gasteiger partial charge on any atom is 0.256 e. The Bertz CT molecular complexity index is 525. The van der Waals surface area contributed by atoms with E-state index in [-0.39, 0.29) is 5.88 Å². The third-order valence-electron chi connectivity index (χ3n) is 2.43. The van der Waals surface area contributed by atoms with E-state index in [0.29, 0.717) is 23.3 Å². The Kier molecular flexibility index (Phi) is 3.57. The first kappa shape index (κ1) is 12.2. The van der Waals surface area contributed by atoms with Crippen molar-refractivity contribution in [3.63, 3.8) is 0 Å². The molecule has 2 aromatic rings. The van der Waals surface area contributed by atoms with Gasteiger partial charge in [0, 0.05) is 12.3 Å². The van der Waals surface area contributed by atoms with Crippen LogP contribution in [0.15, 0.2) is 18.2 Å². The first-order chi connectivity index (χ1) is 8.11. The summed E-state index contributed by atoms with van der Waals surface area (Å²) in [7, 11) is 0. The van der Waals surface area contributed by atoms with E-state index in [1.165, 1.54) is 22.8 Å². The number of rotatable bonds is 4. The van der Waals surface area contributed by atoms with Gasteiger partial charge in [-0.15, -0.1) is 11.6 Å². The molecule has 0 atom stereocenters. The molecule has 0 saturated heterocycles. The highest BCUT2D eigenvalue weighted by Gasteiger charge is 2.14. The van der Waals surface area contributed by atoms with E-state index in [0.717, 1.165) is 0 Å². The Morgan fingerprint density at radius 2 is 2.12 bits per heavy atom. The molecule has 0 N–H and O–H groups in total. The van der Waals surface area contributed by atoms with Gasteiger partial charge in [0.25, 0.3) is 6.43 Å². The Morgan fingerprint density at radius 3 is 2.76 bits per heavy atom. The van der Waals surface area contributed by atoms with Gasteiger partial charge in [-0.1, -0.05) is 0 Å². The van der Waals surface area contributed by atoms with E-state index in [1.54, 1.807) is 0 Å². The van der Waals surface area contributed by atoms with E-state index >= 15 is 0 Å². The second-order valence-corrected chi connectivity index (χ2v) is 3.98. The van der Waals surface area contributed by atoms with Gasteiger partial charge < -0.3 is 4.57 Å². The lowest BCUT2D eigenvalue weighted by molar-refractivity contribution is 0.127. The third-order valence-corrected chi connectivity index (χ3v) is 2.62. The molecule has 0 aliphatic carbocycles. The maximum atomic E-state index is 13.1. The van der Waals surface area contributed by atoms with Gasteiger partial charge in [-0.3, -0.25) is 0 Å². The summed E-state index contributed by atoms with van der Waals surface area (Å²) < 4.78 is 39.4. The first-order valence-electron chi connectivity index (χ1n) is 5.10. The molecule has 1 aromatic carbocycles. The monoisotopic (exact) mass is 262 g/mol. The maximum absolute atomic E-state index is 13.1. The van der Waals surface area contributed by atoms with Gasteiger partial charge in [-0.25, -0.2) is 18.2 Å². The summed E-state index contributed by atoms with van der Waals surface area (Å²) in [6, 6.07) is 3.94. The van der Waals surface area contributed by atoms with Crippen LogP contribution < -0.4 is 0 Å². The highest BCUT2D eigenvalue weighted by Crippen LogP contribution is 2.19. The van der Waals surface area contributed by atoms with Crippen molar-refractivity contribution in [2.24, 2.45) is 0 Å². The third kappa shape index (κ3) is 2.54. The van der Waals surface area contributed by atoms with Crippen LogP contribution in [0, 0.1) is 5.82 Å². The van der Waals surface area contributed by atoms with Crippen LogP contribution in [0.2, 0.25) is 0 Å². The summed E-state index contributed by atoms with van der Waals surface area (Å²) in [4.78, 5) is 4.18. The van der Waals surface area contributed by atoms with Crippen LogP contribution in [-0.2, 0) is 13.0 Å². The number of aromatic nitrogens is 2. The zero-order chi connectivity index (χ0) is 12.4. The normalized spacial score (nSPS) is 11.6. The van der Waals surface area contributed by atoms with Gasteiger partial charge in [-0.05, 0) is 18.2 Å². The quantitative estimate of drug-likeness (QED) is 0.774. The molecular weight excluding hydrogens is 253 g/mol. The van der Waals surface area contributed by atoms with Crippen molar-refractivity contribution in [2.45, 2.75) is 19.4 Å². The van der Waals surface area contributed by atoms with Crippen LogP contribution in [0.4, 0.5) is 13.2 Å². The first-order valence-corrected chi connectivity index (χ1v) is 5.64. The smallest absolute Gasteiger partial charge is 0.256 e. The van der Waals surface area contributed by atoms with Crippen molar-refractivity contribution in [3.8, 4) is 0 Å². The van der Waals surface area contributed by atoms with Crippen LogP contribution in [0.25, 0.3) is 11.0 Å². The SMILES string of the molecule is Fc1ccc2nc(CCCl)n(CC(F)F)c2c1. The highest BCUT2D eigenvalue weighted by molar-refractivity contribution is 6.17. The number of hydrogen-bond acceptors (Lipinski definition) is 1. The van der Waals surface area contributed by atoms with Crippen LogP contribution >= 0.6 is 11.6 Å². The highest BCUT2D eigenvalue weighted by atomic mass is 35.5. The van der Waals surface area contributed by atoms with Crippen LogP contribution in [0.1, 0.15) is 5.82 Å². The van der Waals surface area contributed by atoms with Crippen LogP contribution in [0.5, 0.6) is 0 Å². The Morgan fingerprint density at radius 1 is 1.35 bits per heavy atom. The summed E-state index contributed by atoms with van der Waals surface area (Å²) >= 11 is 5.59. The number of aryl methyl sites for hydroxylation is 1. The van der Waals surface area contributed by atoms with Gasteiger partial charge in [0.2, 0.25) is 0 Å². The molecule has 0 aliphatic heterocycles. The number of halogens is 4. The predicted molar refractivity (Wildman–Crippen MR) is 60.1 cm³/mol. The Balaban J connectivity index is 2.55. The average molecular weight is 263 g/mol.